The van der Waals surface area contributed by atoms with Gasteiger partial charge in [-0.15, -0.1) is 0 Å². The largest absolute Gasteiger partial charge is 0.480 e. The lowest BCUT2D eigenvalue weighted by atomic mass is 9.98. The molecule has 5 rings (SSSR count). The van der Waals surface area contributed by atoms with E-state index in [4.69, 9.17) is 11.6 Å². The normalized spacial score (nSPS) is 16.2. The molecule has 2 N–H and O–H groups in total. The lowest BCUT2D eigenvalue weighted by Gasteiger charge is -2.25. The van der Waals surface area contributed by atoms with Gasteiger partial charge in [0, 0.05) is 29.1 Å². The maximum absolute atomic E-state index is 14.4. The summed E-state index contributed by atoms with van der Waals surface area (Å²) in [6.45, 7) is 1.34. The van der Waals surface area contributed by atoms with Crippen LogP contribution >= 0.6 is 11.6 Å². The van der Waals surface area contributed by atoms with Crippen molar-refractivity contribution in [1.82, 2.24) is 4.90 Å². The number of hydrogen-bond donors (Lipinski definition) is 2. The first kappa shape index (κ1) is 29.2. The average molecular weight is 584 g/mol. The summed E-state index contributed by atoms with van der Waals surface area (Å²) < 4.78 is 14.4. The molecular formula is C34H31ClFN3O3. The Labute approximate surface area is 249 Å². The SMILES string of the molecule is O=C(O)[C@H](Cc1ccccc1F)N=C(c1ccccc1)c1ccccc1NC(=O)[C@@H]1CCCN1Cc1ccccc1Cl. The molecule has 2 atom stereocenters. The van der Waals surface area contributed by atoms with Crippen molar-refractivity contribution in [3.05, 3.63) is 136 Å². The number of amides is 1. The van der Waals surface area contributed by atoms with Crippen molar-refractivity contribution in [2.24, 2.45) is 4.99 Å². The van der Waals surface area contributed by atoms with Crippen LogP contribution < -0.4 is 5.32 Å². The molecule has 214 valence electrons. The molecule has 0 radical (unpaired) electrons. The molecule has 1 aliphatic rings. The van der Waals surface area contributed by atoms with Crippen molar-refractivity contribution in [2.45, 2.75) is 37.9 Å². The van der Waals surface area contributed by atoms with Crippen LogP contribution in [0.4, 0.5) is 10.1 Å². The molecule has 4 aromatic carbocycles. The number of carbonyl (C=O) groups is 2. The molecule has 0 spiro atoms. The van der Waals surface area contributed by atoms with Gasteiger partial charge in [-0.3, -0.25) is 14.7 Å². The molecule has 1 aliphatic heterocycles. The van der Waals surface area contributed by atoms with Crippen LogP contribution in [0.5, 0.6) is 0 Å². The van der Waals surface area contributed by atoms with Gasteiger partial charge in [-0.05, 0) is 48.7 Å². The Morgan fingerprint density at radius 2 is 1.60 bits per heavy atom. The van der Waals surface area contributed by atoms with Gasteiger partial charge in [-0.2, -0.15) is 0 Å². The Morgan fingerprint density at radius 3 is 2.33 bits per heavy atom. The van der Waals surface area contributed by atoms with Gasteiger partial charge < -0.3 is 10.4 Å². The third kappa shape index (κ3) is 6.93. The molecule has 1 saturated heterocycles. The number of aliphatic imine (C=N–C) groups is 1. The number of hydrogen-bond acceptors (Lipinski definition) is 4. The van der Waals surface area contributed by atoms with Gasteiger partial charge in [-0.25, -0.2) is 9.18 Å². The molecule has 42 heavy (non-hydrogen) atoms. The van der Waals surface area contributed by atoms with E-state index in [1.54, 1.807) is 30.3 Å². The lowest BCUT2D eigenvalue weighted by Crippen LogP contribution is -2.39. The summed E-state index contributed by atoms with van der Waals surface area (Å²) in [7, 11) is 0. The smallest absolute Gasteiger partial charge is 0.328 e. The van der Waals surface area contributed by atoms with Gasteiger partial charge in [-0.1, -0.05) is 96.5 Å². The van der Waals surface area contributed by atoms with Gasteiger partial charge in [0.15, 0.2) is 6.04 Å². The Hall–Kier alpha value is -4.33. The third-order valence-corrected chi connectivity index (χ3v) is 7.79. The minimum Gasteiger partial charge on any atom is -0.480 e. The number of anilines is 1. The van der Waals surface area contributed by atoms with E-state index < -0.39 is 17.8 Å². The van der Waals surface area contributed by atoms with Crippen LogP contribution in [0.25, 0.3) is 0 Å². The lowest BCUT2D eigenvalue weighted by molar-refractivity contribution is -0.138. The number of halogens is 2. The molecular weight excluding hydrogens is 553 g/mol. The molecule has 1 fully saturated rings. The number of aliphatic carboxylic acids is 1. The highest BCUT2D eigenvalue weighted by Crippen LogP contribution is 2.27. The predicted octanol–water partition coefficient (Wildman–Crippen LogP) is 6.62. The molecule has 8 heteroatoms. The molecule has 1 heterocycles. The number of carboxylic acids is 1. The van der Waals surface area contributed by atoms with Crippen molar-refractivity contribution >= 4 is 34.9 Å². The van der Waals surface area contributed by atoms with Crippen molar-refractivity contribution in [2.75, 3.05) is 11.9 Å². The monoisotopic (exact) mass is 583 g/mol. The van der Waals surface area contributed by atoms with E-state index in [9.17, 15) is 19.1 Å². The average Bonchev–Trinajstić information content (AvgIpc) is 3.46. The van der Waals surface area contributed by atoms with Crippen LogP contribution in [-0.2, 0) is 22.6 Å². The maximum atomic E-state index is 14.4. The molecule has 0 aromatic heterocycles. The van der Waals surface area contributed by atoms with E-state index in [0.717, 1.165) is 18.5 Å². The Morgan fingerprint density at radius 1 is 0.929 bits per heavy atom. The number of benzene rings is 4. The summed E-state index contributed by atoms with van der Waals surface area (Å²) in [5.41, 5.74) is 3.40. The van der Waals surface area contributed by atoms with Crippen LogP contribution in [-0.4, -0.2) is 46.2 Å². The van der Waals surface area contributed by atoms with E-state index >= 15 is 0 Å². The van der Waals surface area contributed by atoms with Gasteiger partial charge in [0.25, 0.3) is 0 Å². The Kier molecular flexibility index (Phi) is 9.41. The van der Waals surface area contributed by atoms with Crippen molar-refractivity contribution in [1.29, 1.82) is 0 Å². The first-order valence-corrected chi connectivity index (χ1v) is 14.3. The molecule has 0 unspecified atom stereocenters. The summed E-state index contributed by atoms with van der Waals surface area (Å²) in [5, 5.41) is 13.8. The van der Waals surface area contributed by atoms with Crippen LogP contribution in [0.15, 0.2) is 108 Å². The summed E-state index contributed by atoms with van der Waals surface area (Å²) >= 11 is 6.39. The fourth-order valence-electron chi connectivity index (χ4n) is 5.28. The van der Waals surface area contributed by atoms with E-state index in [2.05, 4.69) is 15.2 Å². The van der Waals surface area contributed by atoms with E-state index in [-0.39, 0.29) is 23.9 Å². The van der Waals surface area contributed by atoms with Gasteiger partial charge in [0.05, 0.1) is 17.4 Å². The second-order valence-electron chi connectivity index (χ2n) is 10.2. The topological polar surface area (TPSA) is 82.0 Å². The zero-order chi connectivity index (χ0) is 29.5. The minimum absolute atomic E-state index is 0.119. The first-order valence-electron chi connectivity index (χ1n) is 13.9. The predicted molar refractivity (Wildman–Crippen MR) is 164 cm³/mol. The number of carbonyl (C=O) groups excluding carboxylic acids is 1. The number of para-hydroxylation sites is 1. The highest BCUT2D eigenvalue weighted by Gasteiger charge is 2.32. The number of nitrogens with zero attached hydrogens (tertiary/aromatic N) is 2. The van der Waals surface area contributed by atoms with Crippen LogP contribution in [0, 0.1) is 5.82 Å². The summed E-state index contributed by atoms with van der Waals surface area (Å²) in [4.78, 5) is 32.8. The number of nitrogens with one attached hydrogen (secondary N) is 1. The third-order valence-electron chi connectivity index (χ3n) is 7.43. The van der Waals surface area contributed by atoms with Crippen LogP contribution in [0.3, 0.4) is 0 Å². The zero-order valence-electron chi connectivity index (χ0n) is 22.9. The molecule has 1 amide bonds. The first-order chi connectivity index (χ1) is 20.4. The number of rotatable bonds is 10. The second-order valence-corrected chi connectivity index (χ2v) is 10.7. The molecule has 4 aromatic rings. The quantitative estimate of drug-likeness (QED) is 0.206. The number of likely N-dealkylation sites (tertiary alicyclic amines) is 1. The highest BCUT2D eigenvalue weighted by atomic mass is 35.5. The summed E-state index contributed by atoms with van der Waals surface area (Å²) in [6, 6.07) is 28.5. The second kappa shape index (κ2) is 13.6. The molecule has 6 nitrogen and oxygen atoms in total. The molecule has 0 bridgehead atoms. The van der Waals surface area contributed by atoms with Gasteiger partial charge >= 0.3 is 5.97 Å². The van der Waals surface area contributed by atoms with Crippen molar-refractivity contribution in [3.8, 4) is 0 Å². The Balaban J connectivity index is 1.46. The van der Waals surface area contributed by atoms with Crippen molar-refractivity contribution in [3.63, 3.8) is 0 Å². The zero-order valence-corrected chi connectivity index (χ0v) is 23.7. The standard InChI is InChI=1S/C34H31ClFN3O3/c35-27-16-7-4-14-25(27)22-39-20-10-19-31(39)33(40)38-29-18-9-6-15-26(29)32(23-11-2-1-3-12-23)37-30(34(41)42)21-24-13-5-8-17-28(24)36/h1-9,11-18,30-31H,10,19-22H2,(H,38,40)(H,41,42)/t30-,31-/m0/s1. The van der Waals surface area contributed by atoms with Crippen LogP contribution in [0.2, 0.25) is 5.02 Å². The number of carboxylic acid groups (broad SMARTS) is 1. The van der Waals surface area contributed by atoms with E-state index in [1.165, 1.54) is 6.07 Å². The maximum Gasteiger partial charge on any atom is 0.328 e. The molecule has 0 aliphatic carbocycles. The summed E-state index contributed by atoms with van der Waals surface area (Å²) in [5.74, 6) is -1.80. The van der Waals surface area contributed by atoms with Crippen LogP contribution in [0.1, 0.15) is 35.1 Å². The van der Waals surface area contributed by atoms with E-state index in [0.29, 0.717) is 40.5 Å². The Bertz CT molecular complexity index is 1590. The minimum atomic E-state index is -1.25. The van der Waals surface area contributed by atoms with Crippen molar-refractivity contribution < 1.29 is 19.1 Å². The molecule has 0 saturated carbocycles. The fraction of sp³-hybridized carbons (Fsp3) is 0.206. The fourth-order valence-corrected chi connectivity index (χ4v) is 5.48. The van der Waals surface area contributed by atoms with Gasteiger partial charge in [0.2, 0.25) is 5.91 Å². The van der Waals surface area contributed by atoms with E-state index in [1.807, 2.05) is 66.7 Å². The van der Waals surface area contributed by atoms with Gasteiger partial charge in [0.1, 0.15) is 5.82 Å². The summed E-state index contributed by atoms with van der Waals surface area (Å²) in [6.07, 6.45) is 1.48. The highest BCUT2D eigenvalue weighted by molar-refractivity contribution is 6.31.